The van der Waals surface area contributed by atoms with E-state index < -0.39 is 0 Å². The SMILES string of the molecule is CCc1cccc(NC(N)=NCCC(=O)N2CCCCC2)c1. The van der Waals surface area contributed by atoms with Gasteiger partial charge in [-0.15, -0.1) is 0 Å². The van der Waals surface area contributed by atoms with Gasteiger partial charge in [-0.25, -0.2) is 0 Å². The number of rotatable bonds is 5. The van der Waals surface area contributed by atoms with Crippen molar-refractivity contribution in [1.29, 1.82) is 0 Å². The van der Waals surface area contributed by atoms with E-state index in [0.29, 0.717) is 18.9 Å². The highest BCUT2D eigenvalue weighted by Gasteiger charge is 2.15. The number of hydrogen-bond acceptors (Lipinski definition) is 2. The second kappa shape index (κ2) is 8.41. The largest absolute Gasteiger partial charge is 0.370 e. The quantitative estimate of drug-likeness (QED) is 0.648. The van der Waals surface area contributed by atoms with Crippen LogP contribution in [-0.2, 0) is 11.2 Å². The Bertz CT molecular complexity index is 521. The Hall–Kier alpha value is -2.04. The van der Waals surface area contributed by atoms with Crippen molar-refractivity contribution >= 4 is 17.6 Å². The highest BCUT2D eigenvalue weighted by Crippen LogP contribution is 2.11. The van der Waals surface area contributed by atoms with Crippen LogP contribution in [0.25, 0.3) is 0 Å². The van der Waals surface area contributed by atoms with Crippen LogP contribution in [-0.4, -0.2) is 36.4 Å². The van der Waals surface area contributed by atoms with Crippen LogP contribution >= 0.6 is 0 Å². The normalized spacial score (nSPS) is 15.7. The number of amides is 1. The molecule has 1 amide bonds. The molecule has 1 aliphatic rings. The van der Waals surface area contributed by atoms with Crippen molar-refractivity contribution in [3.63, 3.8) is 0 Å². The molecular weight excluding hydrogens is 276 g/mol. The second-order valence-electron chi connectivity index (χ2n) is 5.64. The second-order valence-corrected chi connectivity index (χ2v) is 5.64. The van der Waals surface area contributed by atoms with Gasteiger partial charge in [-0.1, -0.05) is 19.1 Å². The van der Waals surface area contributed by atoms with Gasteiger partial charge in [0.05, 0.1) is 6.54 Å². The Balaban J connectivity index is 1.78. The van der Waals surface area contributed by atoms with Crippen molar-refractivity contribution < 1.29 is 4.79 Å². The maximum Gasteiger partial charge on any atom is 0.224 e. The molecule has 1 fully saturated rings. The molecule has 1 saturated heterocycles. The van der Waals surface area contributed by atoms with Crippen molar-refractivity contribution in [2.75, 3.05) is 25.0 Å². The summed E-state index contributed by atoms with van der Waals surface area (Å²) in [6.45, 7) is 4.32. The molecule has 0 atom stereocenters. The number of nitrogens with zero attached hydrogens (tertiary/aromatic N) is 2. The molecule has 5 heteroatoms. The Labute approximate surface area is 132 Å². The summed E-state index contributed by atoms with van der Waals surface area (Å²) < 4.78 is 0. The van der Waals surface area contributed by atoms with Crippen LogP contribution in [0.1, 0.15) is 38.2 Å². The zero-order valence-corrected chi connectivity index (χ0v) is 13.3. The Morgan fingerprint density at radius 3 is 2.82 bits per heavy atom. The Kier molecular flexibility index (Phi) is 6.25. The molecule has 0 aromatic heterocycles. The van der Waals surface area contributed by atoms with E-state index in [1.807, 2.05) is 17.0 Å². The molecule has 1 aromatic carbocycles. The summed E-state index contributed by atoms with van der Waals surface area (Å²) in [5, 5.41) is 3.07. The molecule has 5 nitrogen and oxygen atoms in total. The van der Waals surface area contributed by atoms with E-state index in [1.165, 1.54) is 12.0 Å². The van der Waals surface area contributed by atoms with Gasteiger partial charge in [0.15, 0.2) is 5.96 Å². The van der Waals surface area contributed by atoms with E-state index in [1.54, 1.807) is 0 Å². The molecule has 1 aromatic rings. The van der Waals surface area contributed by atoms with E-state index in [2.05, 4.69) is 29.4 Å². The lowest BCUT2D eigenvalue weighted by atomic mass is 10.1. The van der Waals surface area contributed by atoms with E-state index in [-0.39, 0.29) is 5.91 Å². The molecule has 1 aliphatic heterocycles. The molecule has 3 N–H and O–H groups in total. The van der Waals surface area contributed by atoms with Gasteiger partial charge in [0.1, 0.15) is 0 Å². The fraction of sp³-hybridized carbons (Fsp3) is 0.529. The molecule has 1 heterocycles. The Morgan fingerprint density at radius 1 is 1.32 bits per heavy atom. The first-order valence-corrected chi connectivity index (χ1v) is 8.12. The average Bonchev–Trinajstić information content (AvgIpc) is 2.55. The summed E-state index contributed by atoms with van der Waals surface area (Å²) in [6, 6.07) is 8.09. The molecule has 22 heavy (non-hydrogen) atoms. The first-order valence-electron chi connectivity index (χ1n) is 8.12. The standard InChI is InChI=1S/C17H26N4O/c1-2-14-7-6-8-15(13-14)20-17(18)19-10-9-16(22)21-11-4-3-5-12-21/h6-8,13H,2-5,9-12H2,1H3,(H3,18,19,20). The molecular formula is C17H26N4O. The third-order valence-electron chi connectivity index (χ3n) is 3.92. The van der Waals surface area contributed by atoms with Crippen molar-refractivity contribution in [2.24, 2.45) is 10.7 Å². The maximum absolute atomic E-state index is 12.0. The third-order valence-corrected chi connectivity index (χ3v) is 3.92. The molecule has 0 saturated carbocycles. The molecule has 0 unspecified atom stereocenters. The highest BCUT2D eigenvalue weighted by atomic mass is 16.2. The summed E-state index contributed by atoms with van der Waals surface area (Å²) in [5.74, 6) is 0.545. The molecule has 0 bridgehead atoms. The van der Waals surface area contributed by atoms with Gasteiger partial charge in [-0.05, 0) is 43.4 Å². The zero-order chi connectivity index (χ0) is 15.8. The van der Waals surface area contributed by atoms with Crippen molar-refractivity contribution in [3.8, 4) is 0 Å². The first-order chi connectivity index (χ1) is 10.7. The Morgan fingerprint density at radius 2 is 2.09 bits per heavy atom. The molecule has 0 aliphatic carbocycles. The van der Waals surface area contributed by atoms with Gasteiger partial charge in [0.2, 0.25) is 5.91 Å². The summed E-state index contributed by atoms with van der Waals surface area (Å²) >= 11 is 0. The number of anilines is 1. The zero-order valence-electron chi connectivity index (χ0n) is 13.3. The number of nitrogens with one attached hydrogen (secondary N) is 1. The van der Waals surface area contributed by atoms with Gasteiger partial charge in [-0.2, -0.15) is 0 Å². The van der Waals surface area contributed by atoms with Gasteiger partial charge in [-0.3, -0.25) is 9.79 Å². The number of guanidine groups is 1. The lowest BCUT2D eigenvalue weighted by Crippen LogP contribution is -2.36. The average molecular weight is 302 g/mol. The van der Waals surface area contributed by atoms with Crippen LogP contribution < -0.4 is 11.1 Å². The van der Waals surface area contributed by atoms with Gasteiger partial charge in [0.25, 0.3) is 0 Å². The minimum Gasteiger partial charge on any atom is -0.370 e. The molecule has 120 valence electrons. The molecule has 0 radical (unpaired) electrons. The predicted molar refractivity (Wildman–Crippen MR) is 91.0 cm³/mol. The fourth-order valence-corrected chi connectivity index (χ4v) is 2.63. The summed E-state index contributed by atoms with van der Waals surface area (Å²) in [6.07, 6.45) is 4.88. The number of hydrogen-bond donors (Lipinski definition) is 2. The monoisotopic (exact) mass is 302 g/mol. The van der Waals surface area contributed by atoms with E-state index in [0.717, 1.165) is 38.0 Å². The number of likely N-dealkylation sites (tertiary alicyclic amines) is 1. The topological polar surface area (TPSA) is 70.7 Å². The highest BCUT2D eigenvalue weighted by molar-refractivity contribution is 5.92. The van der Waals surface area contributed by atoms with Crippen LogP contribution in [0.5, 0.6) is 0 Å². The number of carbonyl (C=O) groups excluding carboxylic acids is 1. The minimum absolute atomic E-state index is 0.184. The number of carbonyl (C=O) groups is 1. The van der Waals surface area contributed by atoms with Crippen LogP contribution in [0, 0.1) is 0 Å². The van der Waals surface area contributed by atoms with Crippen LogP contribution in [0.15, 0.2) is 29.3 Å². The fourth-order valence-electron chi connectivity index (χ4n) is 2.63. The number of piperidine rings is 1. The number of benzene rings is 1. The van der Waals surface area contributed by atoms with Crippen LogP contribution in [0.3, 0.4) is 0 Å². The van der Waals surface area contributed by atoms with Crippen molar-refractivity contribution in [1.82, 2.24) is 4.90 Å². The van der Waals surface area contributed by atoms with E-state index in [4.69, 9.17) is 5.73 Å². The van der Waals surface area contributed by atoms with E-state index in [9.17, 15) is 4.79 Å². The molecule has 0 spiro atoms. The lowest BCUT2D eigenvalue weighted by molar-refractivity contribution is -0.131. The number of aliphatic imine (C=N–C) groups is 1. The summed E-state index contributed by atoms with van der Waals surface area (Å²) in [4.78, 5) is 18.2. The summed E-state index contributed by atoms with van der Waals surface area (Å²) in [5.41, 5.74) is 8.06. The van der Waals surface area contributed by atoms with Crippen molar-refractivity contribution in [2.45, 2.75) is 39.0 Å². The molecule has 2 rings (SSSR count). The van der Waals surface area contributed by atoms with Gasteiger partial charge < -0.3 is 16.0 Å². The predicted octanol–water partition coefficient (Wildman–Crippen LogP) is 2.38. The third kappa shape index (κ3) is 5.06. The van der Waals surface area contributed by atoms with Gasteiger partial charge >= 0.3 is 0 Å². The van der Waals surface area contributed by atoms with Crippen molar-refractivity contribution in [3.05, 3.63) is 29.8 Å². The minimum atomic E-state index is 0.184. The first kappa shape index (κ1) is 16.3. The number of nitrogens with two attached hydrogens (primary N) is 1. The summed E-state index contributed by atoms with van der Waals surface area (Å²) in [7, 11) is 0. The maximum atomic E-state index is 12.0. The van der Waals surface area contributed by atoms with E-state index >= 15 is 0 Å². The van der Waals surface area contributed by atoms with Gasteiger partial charge in [0, 0.05) is 25.2 Å². The van der Waals surface area contributed by atoms with Crippen LogP contribution in [0.4, 0.5) is 5.69 Å². The lowest BCUT2D eigenvalue weighted by Gasteiger charge is -2.26. The smallest absolute Gasteiger partial charge is 0.224 e. The van der Waals surface area contributed by atoms with Crippen LogP contribution in [0.2, 0.25) is 0 Å². The number of aryl methyl sites for hydroxylation is 1.